The number of rotatable bonds is 2. The van der Waals surface area contributed by atoms with E-state index in [1.165, 1.54) is 9.21 Å². The highest BCUT2D eigenvalue weighted by molar-refractivity contribution is 7.89. The summed E-state index contributed by atoms with van der Waals surface area (Å²) in [4.78, 5) is 17.1. The Balaban J connectivity index is 1.96. The van der Waals surface area contributed by atoms with E-state index >= 15 is 0 Å². The van der Waals surface area contributed by atoms with Crippen molar-refractivity contribution in [3.8, 4) is 0 Å². The van der Waals surface area contributed by atoms with E-state index in [0.717, 1.165) is 5.39 Å². The van der Waals surface area contributed by atoms with Crippen LogP contribution >= 0.6 is 0 Å². The molecule has 0 spiro atoms. The van der Waals surface area contributed by atoms with E-state index in [2.05, 4.69) is 4.98 Å². The van der Waals surface area contributed by atoms with Crippen LogP contribution in [-0.4, -0.2) is 54.8 Å². The van der Waals surface area contributed by atoms with Crippen LogP contribution in [0.15, 0.2) is 41.6 Å². The third-order valence-corrected chi connectivity index (χ3v) is 5.98. The number of primary amides is 1. The van der Waals surface area contributed by atoms with Crippen molar-refractivity contribution in [1.29, 1.82) is 0 Å². The lowest BCUT2D eigenvalue weighted by molar-refractivity contribution is 0.210. The van der Waals surface area contributed by atoms with Gasteiger partial charge in [-0.05, 0) is 18.6 Å². The van der Waals surface area contributed by atoms with E-state index in [-0.39, 0.29) is 11.4 Å². The van der Waals surface area contributed by atoms with Crippen molar-refractivity contribution >= 4 is 26.8 Å². The predicted molar refractivity (Wildman–Crippen MR) is 86.3 cm³/mol. The molecule has 1 aromatic heterocycles. The van der Waals surface area contributed by atoms with Gasteiger partial charge in [-0.15, -0.1) is 0 Å². The molecule has 2 N–H and O–H groups in total. The minimum atomic E-state index is -3.63. The van der Waals surface area contributed by atoms with Crippen LogP contribution in [0.3, 0.4) is 0 Å². The molecule has 1 fully saturated rings. The SMILES string of the molecule is NC(=O)N1CCCN(S(=O)(=O)c2cccc3cnccc23)CC1. The molecule has 1 aliphatic rings. The second-order valence-electron chi connectivity index (χ2n) is 5.44. The van der Waals surface area contributed by atoms with Gasteiger partial charge in [0, 0.05) is 49.3 Å². The number of carbonyl (C=O) groups is 1. The zero-order chi connectivity index (χ0) is 16.4. The van der Waals surface area contributed by atoms with Gasteiger partial charge in [0.25, 0.3) is 0 Å². The van der Waals surface area contributed by atoms with Gasteiger partial charge in [0.15, 0.2) is 0 Å². The largest absolute Gasteiger partial charge is 0.351 e. The number of aromatic nitrogens is 1. The van der Waals surface area contributed by atoms with E-state index in [0.29, 0.717) is 31.4 Å². The van der Waals surface area contributed by atoms with Crippen molar-refractivity contribution in [3.63, 3.8) is 0 Å². The summed E-state index contributed by atoms with van der Waals surface area (Å²) in [5.74, 6) is 0. The van der Waals surface area contributed by atoms with Crippen LogP contribution in [0.5, 0.6) is 0 Å². The van der Waals surface area contributed by atoms with Crippen LogP contribution in [-0.2, 0) is 10.0 Å². The van der Waals surface area contributed by atoms with Gasteiger partial charge in [-0.1, -0.05) is 12.1 Å². The van der Waals surface area contributed by atoms with Gasteiger partial charge < -0.3 is 10.6 Å². The lowest BCUT2D eigenvalue weighted by atomic mass is 10.2. The number of sulfonamides is 1. The van der Waals surface area contributed by atoms with Gasteiger partial charge in [-0.2, -0.15) is 4.31 Å². The Hall–Kier alpha value is -2.19. The Morgan fingerprint density at radius 3 is 2.74 bits per heavy atom. The average Bonchev–Trinajstić information content (AvgIpc) is 2.81. The summed E-state index contributed by atoms with van der Waals surface area (Å²) < 4.78 is 27.4. The molecule has 3 rings (SSSR count). The van der Waals surface area contributed by atoms with Crippen LogP contribution in [0, 0.1) is 0 Å². The second-order valence-corrected chi connectivity index (χ2v) is 7.34. The molecule has 23 heavy (non-hydrogen) atoms. The lowest BCUT2D eigenvalue weighted by Gasteiger charge is -2.21. The molecule has 2 heterocycles. The highest BCUT2D eigenvalue weighted by Crippen LogP contribution is 2.25. The summed E-state index contributed by atoms with van der Waals surface area (Å²) in [6, 6.07) is 6.34. The lowest BCUT2D eigenvalue weighted by Crippen LogP contribution is -2.39. The maximum atomic E-state index is 13.0. The Kier molecular flexibility index (Phi) is 4.18. The number of amides is 2. The molecule has 7 nitrogen and oxygen atoms in total. The number of urea groups is 1. The van der Waals surface area contributed by atoms with E-state index in [4.69, 9.17) is 5.73 Å². The van der Waals surface area contributed by atoms with Gasteiger partial charge in [-0.25, -0.2) is 13.2 Å². The van der Waals surface area contributed by atoms with Gasteiger partial charge in [0.05, 0.1) is 4.90 Å². The minimum Gasteiger partial charge on any atom is -0.351 e. The standard InChI is InChI=1S/C15H18N4O3S/c16-15(20)18-7-2-8-19(10-9-18)23(21,22)14-4-1-3-12-11-17-6-5-13(12)14/h1,3-6,11H,2,7-10H2,(H2,16,20). The van der Waals surface area contributed by atoms with Crippen molar-refractivity contribution in [2.75, 3.05) is 26.2 Å². The minimum absolute atomic E-state index is 0.243. The molecule has 1 aliphatic heterocycles. The molecule has 122 valence electrons. The molecule has 0 saturated carbocycles. The predicted octanol–water partition coefficient (Wildman–Crippen LogP) is 1.01. The fourth-order valence-electron chi connectivity index (χ4n) is 2.81. The number of hydrogen-bond acceptors (Lipinski definition) is 4. The first-order chi connectivity index (χ1) is 11.0. The number of hydrogen-bond donors (Lipinski definition) is 1. The highest BCUT2D eigenvalue weighted by Gasteiger charge is 2.28. The van der Waals surface area contributed by atoms with Gasteiger partial charge in [0.1, 0.15) is 0 Å². The van der Waals surface area contributed by atoms with Crippen LogP contribution in [0.25, 0.3) is 10.8 Å². The van der Waals surface area contributed by atoms with Gasteiger partial charge in [0.2, 0.25) is 10.0 Å². The quantitative estimate of drug-likeness (QED) is 0.886. The first-order valence-corrected chi connectivity index (χ1v) is 8.81. The number of benzene rings is 1. The molecule has 0 bridgehead atoms. The molecule has 8 heteroatoms. The summed E-state index contributed by atoms with van der Waals surface area (Å²) in [5.41, 5.74) is 5.29. The molecule has 0 aliphatic carbocycles. The maximum Gasteiger partial charge on any atom is 0.314 e. The van der Waals surface area contributed by atoms with Crippen LogP contribution in [0.2, 0.25) is 0 Å². The zero-order valence-corrected chi connectivity index (χ0v) is 13.4. The van der Waals surface area contributed by atoms with Crippen molar-refractivity contribution in [1.82, 2.24) is 14.2 Å². The molecule has 2 amide bonds. The van der Waals surface area contributed by atoms with Crippen LogP contribution in [0.4, 0.5) is 4.79 Å². The number of carbonyl (C=O) groups excluding carboxylic acids is 1. The summed E-state index contributed by atoms with van der Waals surface area (Å²) >= 11 is 0. The van der Waals surface area contributed by atoms with Crippen molar-refractivity contribution in [2.45, 2.75) is 11.3 Å². The summed E-state index contributed by atoms with van der Waals surface area (Å²) in [6.45, 7) is 1.39. The van der Waals surface area contributed by atoms with E-state index in [9.17, 15) is 13.2 Å². The fraction of sp³-hybridized carbons (Fsp3) is 0.333. The Morgan fingerprint density at radius 2 is 1.96 bits per heavy atom. The summed E-state index contributed by atoms with van der Waals surface area (Å²) in [5, 5.41) is 1.43. The third-order valence-electron chi connectivity index (χ3n) is 4.03. The Bertz CT molecular complexity index is 832. The van der Waals surface area contributed by atoms with Gasteiger partial charge >= 0.3 is 6.03 Å². The second kappa shape index (κ2) is 6.13. The topological polar surface area (TPSA) is 96.6 Å². The smallest absolute Gasteiger partial charge is 0.314 e. The Labute approximate surface area is 134 Å². The highest BCUT2D eigenvalue weighted by atomic mass is 32.2. The zero-order valence-electron chi connectivity index (χ0n) is 12.6. The van der Waals surface area contributed by atoms with Crippen LogP contribution in [0.1, 0.15) is 6.42 Å². The maximum absolute atomic E-state index is 13.0. The normalized spacial score (nSPS) is 17.1. The van der Waals surface area contributed by atoms with Crippen molar-refractivity contribution in [3.05, 3.63) is 36.7 Å². The van der Waals surface area contributed by atoms with Crippen LogP contribution < -0.4 is 5.73 Å². The summed E-state index contributed by atoms with van der Waals surface area (Å²) in [7, 11) is -3.63. The molecule has 2 aromatic rings. The molecule has 1 saturated heterocycles. The van der Waals surface area contributed by atoms with Crippen molar-refractivity contribution in [2.24, 2.45) is 5.73 Å². The molecular weight excluding hydrogens is 316 g/mol. The van der Waals surface area contributed by atoms with E-state index < -0.39 is 16.1 Å². The fourth-order valence-corrected chi connectivity index (χ4v) is 4.50. The number of pyridine rings is 1. The first kappa shape index (κ1) is 15.7. The molecule has 0 radical (unpaired) electrons. The Morgan fingerprint density at radius 1 is 1.13 bits per heavy atom. The molecule has 0 unspecified atom stereocenters. The summed E-state index contributed by atoms with van der Waals surface area (Å²) in [6.07, 6.45) is 3.79. The third kappa shape index (κ3) is 2.99. The molecular formula is C15H18N4O3S. The molecule has 1 aromatic carbocycles. The van der Waals surface area contributed by atoms with E-state index in [1.807, 2.05) is 6.07 Å². The number of nitrogens with zero attached hydrogens (tertiary/aromatic N) is 3. The first-order valence-electron chi connectivity index (χ1n) is 7.37. The van der Waals surface area contributed by atoms with Crippen molar-refractivity contribution < 1.29 is 13.2 Å². The monoisotopic (exact) mass is 334 g/mol. The van der Waals surface area contributed by atoms with E-state index in [1.54, 1.807) is 30.6 Å². The average molecular weight is 334 g/mol. The molecule has 0 atom stereocenters. The number of fused-ring (bicyclic) bond motifs is 1. The number of nitrogens with two attached hydrogens (primary N) is 1. The van der Waals surface area contributed by atoms with Gasteiger partial charge in [-0.3, -0.25) is 4.98 Å².